The lowest BCUT2D eigenvalue weighted by Gasteiger charge is -2.39. The van der Waals surface area contributed by atoms with Gasteiger partial charge in [-0.15, -0.1) is 0 Å². The second kappa shape index (κ2) is 6.89. The topological polar surface area (TPSA) is 84.9 Å². The van der Waals surface area contributed by atoms with E-state index in [0.29, 0.717) is 17.9 Å². The van der Waals surface area contributed by atoms with Gasteiger partial charge in [0.25, 0.3) is 0 Å². The van der Waals surface area contributed by atoms with Crippen LogP contribution < -0.4 is 5.32 Å². The van der Waals surface area contributed by atoms with E-state index in [2.05, 4.69) is 5.32 Å². The van der Waals surface area contributed by atoms with Gasteiger partial charge in [-0.3, -0.25) is 4.79 Å². The third-order valence-electron chi connectivity index (χ3n) is 4.02. The van der Waals surface area contributed by atoms with Crippen LogP contribution in [0.1, 0.15) is 35.2 Å². The molecular weight excluding hydrogens is 286 g/mol. The van der Waals surface area contributed by atoms with Crippen molar-refractivity contribution in [3.63, 3.8) is 0 Å². The molecule has 1 aromatic rings. The van der Waals surface area contributed by atoms with E-state index in [0.717, 1.165) is 19.3 Å². The zero-order valence-corrected chi connectivity index (χ0v) is 12.8. The molecule has 0 heterocycles. The molecule has 120 valence electrons. The van der Waals surface area contributed by atoms with E-state index >= 15 is 0 Å². The average Bonchev–Trinajstić information content (AvgIpc) is 2.42. The van der Waals surface area contributed by atoms with Crippen LogP contribution >= 0.6 is 0 Å². The van der Waals surface area contributed by atoms with E-state index in [1.807, 2.05) is 0 Å². The van der Waals surface area contributed by atoms with Gasteiger partial charge in [0, 0.05) is 19.9 Å². The molecule has 0 aromatic heterocycles. The third-order valence-corrected chi connectivity index (χ3v) is 4.02. The Balaban J connectivity index is 2.20. The molecule has 0 aliphatic heterocycles. The molecule has 1 fully saturated rings. The van der Waals surface area contributed by atoms with Crippen molar-refractivity contribution in [1.82, 2.24) is 0 Å². The number of ether oxygens (including phenoxy) is 2. The zero-order valence-electron chi connectivity index (χ0n) is 12.8. The van der Waals surface area contributed by atoms with E-state index < -0.39 is 11.4 Å². The number of hydrogen-bond donors (Lipinski definition) is 2. The molecule has 0 atom stereocenters. The van der Waals surface area contributed by atoms with E-state index in [4.69, 9.17) is 14.6 Å². The molecule has 2 rings (SSSR count). The first-order valence-corrected chi connectivity index (χ1v) is 7.17. The maximum atomic E-state index is 12.5. The summed E-state index contributed by atoms with van der Waals surface area (Å²) in [5, 5.41) is 12.0. The van der Waals surface area contributed by atoms with Crippen LogP contribution in [0.3, 0.4) is 0 Å². The number of hydrogen-bond acceptors (Lipinski definition) is 4. The number of rotatable bonds is 7. The minimum atomic E-state index is -1.04. The quantitative estimate of drug-likeness (QED) is 0.807. The van der Waals surface area contributed by atoms with Crippen molar-refractivity contribution >= 4 is 17.6 Å². The fourth-order valence-corrected chi connectivity index (χ4v) is 2.72. The third kappa shape index (κ3) is 3.45. The fraction of sp³-hybridized carbons (Fsp3) is 0.500. The highest BCUT2D eigenvalue weighted by molar-refractivity contribution is 5.97. The summed E-state index contributed by atoms with van der Waals surface area (Å²) in [4.78, 5) is 23.7. The van der Waals surface area contributed by atoms with Gasteiger partial charge in [-0.25, -0.2) is 4.79 Å². The Hall–Kier alpha value is -1.92. The molecule has 0 radical (unpaired) electrons. The Kier molecular flexibility index (Phi) is 5.15. The molecule has 1 aliphatic rings. The summed E-state index contributed by atoms with van der Waals surface area (Å²) < 4.78 is 10.2. The van der Waals surface area contributed by atoms with Crippen LogP contribution in [0.5, 0.6) is 0 Å². The van der Waals surface area contributed by atoms with Gasteiger partial charge < -0.3 is 19.9 Å². The largest absolute Gasteiger partial charge is 0.478 e. The number of carboxylic acids is 1. The van der Waals surface area contributed by atoms with Crippen LogP contribution in [-0.2, 0) is 20.9 Å². The van der Waals surface area contributed by atoms with Crippen LogP contribution in [0.2, 0.25) is 0 Å². The highest BCUT2D eigenvalue weighted by Gasteiger charge is 2.44. The second-order valence-electron chi connectivity index (χ2n) is 5.68. The van der Waals surface area contributed by atoms with Gasteiger partial charge in [-0.05, 0) is 36.6 Å². The van der Waals surface area contributed by atoms with Crippen molar-refractivity contribution in [3.05, 3.63) is 29.3 Å². The number of carbonyl (C=O) groups excluding carboxylic acids is 1. The number of methoxy groups -OCH3 is 2. The lowest BCUT2D eigenvalue weighted by molar-refractivity contribution is -0.134. The van der Waals surface area contributed by atoms with E-state index in [9.17, 15) is 9.59 Å². The molecule has 1 aliphatic carbocycles. The Morgan fingerprint density at radius 3 is 2.45 bits per heavy atom. The predicted octanol–water partition coefficient (Wildman–Crippen LogP) is 2.29. The standard InChI is InChI=1S/C16H21NO5/c1-21-9-11-6-12(14(18)19)8-13(7-11)17-15(20)16(10-22-2)4-3-5-16/h6-8H,3-5,9-10H2,1-2H3,(H,17,20)(H,18,19). The first kappa shape index (κ1) is 16.5. The highest BCUT2D eigenvalue weighted by Crippen LogP contribution is 2.42. The molecule has 6 heteroatoms. The molecule has 6 nitrogen and oxygen atoms in total. The minimum Gasteiger partial charge on any atom is -0.478 e. The van der Waals surface area contributed by atoms with Crippen molar-refractivity contribution in [2.75, 3.05) is 26.1 Å². The average molecular weight is 307 g/mol. The zero-order chi connectivity index (χ0) is 16.2. The van der Waals surface area contributed by atoms with Gasteiger partial charge in [-0.2, -0.15) is 0 Å². The number of amides is 1. The van der Waals surface area contributed by atoms with Crippen molar-refractivity contribution in [3.8, 4) is 0 Å². The summed E-state index contributed by atoms with van der Waals surface area (Å²) in [6, 6.07) is 4.72. The highest BCUT2D eigenvalue weighted by atomic mass is 16.5. The normalized spacial score (nSPS) is 15.9. The molecule has 0 saturated heterocycles. The molecule has 1 aromatic carbocycles. The van der Waals surface area contributed by atoms with Gasteiger partial charge in [0.1, 0.15) is 0 Å². The van der Waals surface area contributed by atoms with Crippen molar-refractivity contribution in [2.45, 2.75) is 25.9 Å². The number of benzene rings is 1. The van der Waals surface area contributed by atoms with Crippen molar-refractivity contribution < 1.29 is 24.2 Å². The lowest BCUT2D eigenvalue weighted by atomic mass is 9.68. The molecule has 0 spiro atoms. The van der Waals surface area contributed by atoms with Crippen molar-refractivity contribution in [2.24, 2.45) is 5.41 Å². The number of carbonyl (C=O) groups is 2. The number of anilines is 1. The summed E-state index contributed by atoms with van der Waals surface area (Å²) in [6.07, 6.45) is 2.58. The number of aromatic carboxylic acids is 1. The first-order chi connectivity index (χ1) is 10.5. The van der Waals surface area contributed by atoms with Crippen LogP contribution in [0.15, 0.2) is 18.2 Å². The van der Waals surface area contributed by atoms with E-state index in [-0.39, 0.29) is 18.1 Å². The Morgan fingerprint density at radius 2 is 1.95 bits per heavy atom. The van der Waals surface area contributed by atoms with Gasteiger partial charge >= 0.3 is 5.97 Å². The molecule has 22 heavy (non-hydrogen) atoms. The van der Waals surface area contributed by atoms with Crippen molar-refractivity contribution in [1.29, 1.82) is 0 Å². The van der Waals surface area contributed by atoms with E-state index in [1.54, 1.807) is 13.2 Å². The first-order valence-electron chi connectivity index (χ1n) is 7.17. The summed E-state index contributed by atoms with van der Waals surface area (Å²) in [5.74, 6) is -1.16. The van der Waals surface area contributed by atoms with Crippen LogP contribution in [0, 0.1) is 5.41 Å². The molecular formula is C16H21NO5. The molecule has 1 saturated carbocycles. The molecule has 0 bridgehead atoms. The summed E-state index contributed by atoms with van der Waals surface area (Å²) in [5.41, 5.74) is 0.806. The lowest BCUT2D eigenvalue weighted by Crippen LogP contribution is -2.45. The van der Waals surface area contributed by atoms with Crippen LogP contribution in [0.25, 0.3) is 0 Å². The van der Waals surface area contributed by atoms with E-state index in [1.165, 1.54) is 19.2 Å². The predicted molar refractivity (Wildman–Crippen MR) is 80.9 cm³/mol. The minimum absolute atomic E-state index is 0.119. The Labute approximate surface area is 129 Å². The Bertz CT molecular complexity index is 566. The maximum Gasteiger partial charge on any atom is 0.335 e. The van der Waals surface area contributed by atoms with Gasteiger partial charge in [0.15, 0.2) is 0 Å². The molecule has 0 unspecified atom stereocenters. The number of carboxylic acid groups (broad SMARTS) is 1. The fourth-order valence-electron chi connectivity index (χ4n) is 2.72. The van der Waals surface area contributed by atoms with Crippen LogP contribution in [0.4, 0.5) is 5.69 Å². The summed E-state index contributed by atoms with van der Waals surface area (Å²) in [6.45, 7) is 0.662. The van der Waals surface area contributed by atoms with Crippen LogP contribution in [-0.4, -0.2) is 37.8 Å². The summed E-state index contributed by atoms with van der Waals surface area (Å²) >= 11 is 0. The van der Waals surface area contributed by atoms with Gasteiger partial charge in [0.2, 0.25) is 5.91 Å². The molecule has 1 amide bonds. The molecule has 2 N–H and O–H groups in total. The SMILES string of the molecule is COCc1cc(NC(=O)C2(COC)CCC2)cc(C(=O)O)c1. The van der Waals surface area contributed by atoms with Gasteiger partial charge in [-0.1, -0.05) is 6.42 Å². The Morgan fingerprint density at radius 1 is 1.23 bits per heavy atom. The maximum absolute atomic E-state index is 12.5. The second-order valence-corrected chi connectivity index (χ2v) is 5.68. The number of nitrogens with one attached hydrogen (secondary N) is 1. The van der Waals surface area contributed by atoms with Gasteiger partial charge in [0.05, 0.1) is 24.2 Å². The summed E-state index contributed by atoms with van der Waals surface area (Å²) in [7, 11) is 3.11. The smallest absolute Gasteiger partial charge is 0.335 e. The monoisotopic (exact) mass is 307 g/mol.